The number of benzene rings is 1. The maximum atomic E-state index is 12.7. The Hall–Kier alpha value is -1.08. The summed E-state index contributed by atoms with van der Waals surface area (Å²) >= 11 is 3.12. The molecule has 2 rings (SSSR count). The number of nitrogens with one attached hydrogen (secondary N) is 1. The molecule has 7 heteroatoms. The number of rotatable bonds is 2. The fourth-order valence-electron chi connectivity index (χ4n) is 2.46. The van der Waals surface area contributed by atoms with Gasteiger partial charge in [0.05, 0.1) is 11.1 Å². The van der Waals surface area contributed by atoms with E-state index in [9.17, 15) is 18.0 Å². The number of carbonyl (C=O) groups is 1. The van der Waals surface area contributed by atoms with Gasteiger partial charge in [0.15, 0.2) is 0 Å². The highest BCUT2D eigenvalue weighted by Crippen LogP contribution is 2.32. The standard InChI is InChI=1S/C14H16BrF3N2O/c15-10-6-5-8(14(16,17)18)7-9(10)13(21)20-12-4-2-1-3-11(12)19/h5-7,11-12H,1-4,19H2,(H,20,21). The smallest absolute Gasteiger partial charge is 0.348 e. The van der Waals surface area contributed by atoms with Crippen LogP contribution in [-0.4, -0.2) is 18.0 Å². The summed E-state index contributed by atoms with van der Waals surface area (Å²) in [6.07, 6.45) is -0.932. The summed E-state index contributed by atoms with van der Waals surface area (Å²) in [5.41, 5.74) is 5.07. The van der Waals surface area contributed by atoms with Gasteiger partial charge in [-0.05, 0) is 47.0 Å². The van der Waals surface area contributed by atoms with Crippen molar-refractivity contribution in [2.45, 2.75) is 43.9 Å². The summed E-state index contributed by atoms with van der Waals surface area (Å²) in [5.74, 6) is -0.532. The summed E-state index contributed by atoms with van der Waals surface area (Å²) in [4.78, 5) is 12.2. The largest absolute Gasteiger partial charge is 0.416 e. The second kappa shape index (κ2) is 6.36. The van der Waals surface area contributed by atoms with Crippen molar-refractivity contribution in [1.29, 1.82) is 0 Å². The van der Waals surface area contributed by atoms with Crippen molar-refractivity contribution in [3.63, 3.8) is 0 Å². The molecule has 1 aliphatic carbocycles. The third-order valence-electron chi connectivity index (χ3n) is 3.67. The normalized spacial score (nSPS) is 22.9. The van der Waals surface area contributed by atoms with Crippen molar-refractivity contribution in [2.75, 3.05) is 0 Å². The molecule has 1 aliphatic rings. The SMILES string of the molecule is NC1CCCCC1NC(=O)c1cc(C(F)(F)F)ccc1Br. The Balaban J connectivity index is 2.18. The van der Waals surface area contributed by atoms with Crippen LogP contribution in [0.5, 0.6) is 0 Å². The minimum atomic E-state index is -4.48. The lowest BCUT2D eigenvalue weighted by molar-refractivity contribution is -0.137. The van der Waals surface area contributed by atoms with Crippen LogP contribution in [0.2, 0.25) is 0 Å². The molecule has 0 aromatic heterocycles. The predicted molar refractivity (Wildman–Crippen MR) is 76.8 cm³/mol. The van der Waals surface area contributed by atoms with Gasteiger partial charge < -0.3 is 11.1 Å². The van der Waals surface area contributed by atoms with Gasteiger partial charge in [0, 0.05) is 16.6 Å². The van der Waals surface area contributed by atoms with Gasteiger partial charge in [0.25, 0.3) is 5.91 Å². The van der Waals surface area contributed by atoms with E-state index in [4.69, 9.17) is 5.73 Å². The Morgan fingerprint density at radius 2 is 1.95 bits per heavy atom. The molecule has 3 N–H and O–H groups in total. The molecule has 2 unspecified atom stereocenters. The molecular weight excluding hydrogens is 349 g/mol. The van der Waals surface area contributed by atoms with Crippen molar-refractivity contribution in [3.8, 4) is 0 Å². The summed E-state index contributed by atoms with van der Waals surface area (Å²) in [6.45, 7) is 0. The van der Waals surface area contributed by atoms with Crippen LogP contribution >= 0.6 is 15.9 Å². The minimum absolute atomic E-state index is 0.0254. The van der Waals surface area contributed by atoms with Gasteiger partial charge >= 0.3 is 6.18 Å². The molecule has 0 aliphatic heterocycles. The first-order valence-corrected chi connectivity index (χ1v) is 7.51. The molecule has 3 nitrogen and oxygen atoms in total. The number of halogens is 4. The molecule has 0 radical (unpaired) electrons. The molecule has 1 saturated carbocycles. The fourth-order valence-corrected chi connectivity index (χ4v) is 2.89. The first kappa shape index (κ1) is 16.3. The van der Waals surface area contributed by atoms with E-state index in [-0.39, 0.29) is 17.6 Å². The van der Waals surface area contributed by atoms with Crippen LogP contribution in [0.1, 0.15) is 41.6 Å². The molecule has 0 saturated heterocycles. The molecule has 0 heterocycles. The highest BCUT2D eigenvalue weighted by Gasteiger charge is 2.32. The maximum Gasteiger partial charge on any atom is 0.416 e. The van der Waals surface area contributed by atoms with Gasteiger partial charge in [-0.15, -0.1) is 0 Å². The molecule has 1 fully saturated rings. The molecule has 0 spiro atoms. The molecule has 21 heavy (non-hydrogen) atoms. The van der Waals surface area contributed by atoms with Gasteiger partial charge in [-0.1, -0.05) is 12.8 Å². The molecule has 1 amide bonds. The van der Waals surface area contributed by atoms with Crippen LogP contribution < -0.4 is 11.1 Å². The van der Waals surface area contributed by atoms with Crippen LogP contribution in [0.15, 0.2) is 22.7 Å². The Bertz CT molecular complexity index is 533. The number of amides is 1. The summed E-state index contributed by atoms with van der Waals surface area (Å²) in [6, 6.07) is 2.69. The van der Waals surface area contributed by atoms with Gasteiger partial charge in [-0.2, -0.15) is 13.2 Å². The van der Waals surface area contributed by atoms with Crippen LogP contribution in [0.4, 0.5) is 13.2 Å². The zero-order chi connectivity index (χ0) is 15.6. The van der Waals surface area contributed by atoms with Gasteiger partial charge in [-0.25, -0.2) is 0 Å². The molecule has 1 aromatic rings. The third kappa shape index (κ3) is 3.97. The first-order valence-electron chi connectivity index (χ1n) is 6.72. The molecular formula is C14H16BrF3N2O. The number of carbonyl (C=O) groups excluding carboxylic acids is 1. The van der Waals surface area contributed by atoms with Crippen molar-refractivity contribution in [1.82, 2.24) is 5.32 Å². The highest BCUT2D eigenvalue weighted by molar-refractivity contribution is 9.10. The van der Waals surface area contributed by atoms with E-state index in [2.05, 4.69) is 21.2 Å². The second-order valence-electron chi connectivity index (χ2n) is 5.22. The number of nitrogens with two attached hydrogens (primary N) is 1. The Morgan fingerprint density at radius 3 is 2.57 bits per heavy atom. The van der Waals surface area contributed by atoms with E-state index in [0.29, 0.717) is 4.47 Å². The van der Waals surface area contributed by atoms with Crippen molar-refractivity contribution in [2.24, 2.45) is 5.73 Å². The quantitative estimate of drug-likeness (QED) is 0.843. The van der Waals surface area contributed by atoms with Crippen LogP contribution in [0.3, 0.4) is 0 Å². The minimum Gasteiger partial charge on any atom is -0.348 e. The lowest BCUT2D eigenvalue weighted by Gasteiger charge is -2.29. The number of hydrogen-bond acceptors (Lipinski definition) is 2. The van der Waals surface area contributed by atoms with E-state index in [1.54, 1.807) is 0 Å². The number of hydrogen-bond donors (Lipinski definition) is 2. The molecule has 2 atom stereocenters. The zero-order valence-corrected chi connectivity index (χ0v) is 12.8. The Morgan fingerprint density at radius 1 is 1.29 bits per heavy atom. The van der Waals surface area contributed by atoms with Crippen molar-refractivity contribution < 1.29 is 18.0 Å². The molecule has 0 bridgehead atoms. The van der Waals surface area contributed by atoms with E-state index in [1.165, 1.54) is 6.07 Å². The second-order valence-corrected chi connectivity index (χ2v) is 6.07. The lowest BCUT2D eigenvalue weighted by Crippen LogP contribution is -2.49. The van der Waals surface area contributed by atoms with E-state index in [0.717, 1.165) is 37.8 Å². The van der Waals surface area contributed by atoms with Crippen LogP contribution in [0, 0.1) is 0 Å². The van der Waals surface area contributed by atoms with Gasteiger partial charge in [-0.3, -0.25) is 4.79 Å². The Labute approximate surface area is 129 Å². The van der Waals surface area contributed by atoms with Crippen molar-refractivity contribution >= 4 is 21.8 Å². The number of alkyl halides is 3. The summed E-state index contributed by atoms with van der Waals surface area (Å²) < 4.78 is 38.5. The summed E-state index contributed by atoms with van der Waals surface area (Å²) in [5, 5.41) is 2.74. The molecule has 1 aromatic carbocycles. The molecule has 116 valence electrons. The van der Waals surface area contributed by atoms with Crippen molar-refractivity contribution in [3.05, 3.63) is 33.8 Å². The summed E-state index contributed by atoms with van der Waals surface area (Å²) in [7, 11) is 0. The predicted octanol–water partition coefficient (Wildman–Crippen LogP) is 3.47. The first-order chi connectivity index (χ1) is 9.79. The maximum absolute atomic E-state index is 12.7. The highest BCUT2D eigenvalue weighted by atomic mass is 79.9. The average molecular weight is 365 g/mol. The van der Waals surface area contributed by atoms with E-state index < -0.39 is 17.6 Å². The topological polar surface area (TPSA) is 55.1 Å². The average Bonchev–Trinajstić information content (AvgIpc) is 2.40. The Kier molecular flexibility index (Phi) is 4.93. The van der Waals surface area contributed by atoms with Crippen LogP contribution in [0.25, 0.3) is 0 Å². The monoisotopic (exact) mass is 364 g/mol. The fraction of sp³-hybridized carbons (Fsp3) is 0.500. The van der Waals surface area contributed by atoms with E-state index >= 15 is 0 Å². The zero-order valence-electron chi connectivity index (χ0n) is 11.2. The lowest BCUT2D eigenvalue weighted by atomic mass is 9.91. The van der Waals surface area contributed by atoms with Gasteiger partial charge in [0.2, 0.25) is 0 Å². The van der Waals surface area contributed by atoms with Gasteiger partial charge in [0.1, 0.15) is 0 Å². The van der Waals surface area contributed by atoms with E-state index in [1.807, 2.05) is 0 Å². The third-order valence-corrected chi connectivity index (χ3v) is 4.37. The van der Waals surface area contributed by atoms with Crippen LogP contribution in [-0.2, 0) is 6.18 Å².